The Morgan fingerprint density at radius 3 is 2.69 bits per heavy atom. The minimum atomic E-state index is -1.01. The lowest BCUT2D eigenvalue weighted by molar-refractivity contribution is -0.141. The molecule has 1 aliphatic carbocycles. The van der Waals surface area contributed by atoms with Gasteiger partial charge in [-0.05, 0) is 38.0 Å². The third-order valence-electron chi connectivity index (χ3n) is 4.46. The van der Waals surface area contributed by atoms with E-state index in [9.17, 15) is 14.7 Å². The monoisotopic (exact) mass is 374 g/mol. The highest BCUT2D eigenvalue weighted by atomic mass is 32.1. The van der Waals surface area contributed by atoms with Crippen LogP contribution in [0.4, 0.5) is 0 Å². The van der Waals surface area contributed by atoms with Crippen molar-refractivity contribution in [2.75, 3.05) is 13.2 Å². The fourth-order valence-corrected chi connectivity index (χ4v) is 3.73. The van der Waals surface area contributed by atoms with E-state index in [0.29, 0.717) is 29.7 Å². The maximum absolute atomic E-state index is 12.8. The molecule has 7 nitrogen and oxygen atoms in total. The van der Waals surface area contributed by atoms with E-state index in [1.54, 1.807) is 5.38 Å². The molecule has 2 aliphatic rings. The minimum absolute atomic E-state index is 0.00644. The Balaban J connectivity index is 1.59. The highest BCUT2D eigenvalue weighted by Gasteiger charge is 2.39. The van der Waals surface area contributed by atoms with E-state index in [0.717, 1.165) is 18.4 Å². The molecule has 0 radical (unpaired) electrons. The molecule has 2 aromatic rings. The quantitative estimate of drug-likeness (QED) is 0.865. The van der Waals surface area contributed by atoms with Crippen LogP contribution in [0.5, 0.6) is 11.5 Å². The van der Waals surface area contributed by atoms with Gasteiger partial charge in [0.1, 0.15) is 30.0 Å². The average Bonchev–Trinajstić information content (AvgIpc) is 3.35. The predicted octanol–water partition coefficient (Wildman–Crippen LogP) is 2.66. The van der Waals surface area contributed by atoms with E-state index >= 15 is 0 Å². The van der Waals surface area contributed by atoms with Crippen LogP contribution in [0.2, 0.25) is 0 Å². The molecule has 1 fully saturated rings. The third-order valence-corrected chi connectivity index (χ3v) is 5.35. The topological polar surface area (TPSA) is 89.0 Å². The summed E-state index contributed by atoms with van der Waals surface area (Å²) in [5.74, 6) is 0.0222. The second-order valence-corrected chi connectivity index (χ2v) is 7.21. The first-order chi connectivity index (χ1) is 12.5. The van der Waals surface area contributed by atoms with Gasteiger partial charge in [0.2, 0.25) is 0 Å². The number of aromatic nitrogens is 1. The summed E-state index contributed by atoms with van der Waals surface area (Å²) in [5.41, 5.74) is 1.11. The van der Waals surface area contributed by atoms with Gasteiger partial charge in [-0.25, -0.2) is 9.78 Å². The van der Waals surface area contributed by atoms with Gasteiger partial charge < -0.3 is 19.5 Å². The number of nitrogens with zero attached hydrogens (tertiary/aromatic N) is 2. The molecule has 1 amide bonds. The van der Waals surface area contributed by atoms with Gasteiger partial charge in [0.25, 0.3) is 5.91 Å². The molecule has 1 aromatic heterocycles. The smallest absolute Gasteiger partial charge is 0.326 e. The number of ether oxygens (including phenoxy) is 2. The van der Waals surface area contributed by atoms with Crippen molar-refractivity contribution >= 4 is 23.2 Å². The molecule has 1 atom stereocenters. The number of rotatable bonds is 5. The molecule has 1 N–H and O–H groups in total. The van der Waals surface area contributed by atoms with E-state index in [1.807, 2.05) is 18.2 Å². The summed E-state index contributed by atoms with van der Waals surface area (Å²) in [6, 6.07) is 4.68. The molecule has 2 heterocycles. The third kappa shape index (κ3) is 3.12. The number of carbonyl (C=O) groups excluding carboxylic acids is 1. The first-order valence-corrected chi connectivity index (χ1v) is 9.33. The summed E-state index contributed by atoms with van der Waals surface area (Å²) < 4.78 is 11.1. The molecule has 136 valence electrons. The zero-order chi connectivity index (χ0) is 18.3. The average molecular weight is 374 g/mol. The van der Waals surface area contributed by atoms with Crippen LogP contribution in [0, 0.1) is 0 Å². The van der Waals surface area contributed by atoms with Crippen molar-refractivity contribution in [2.24, 2.45) is 0 Å². The number of fused-ring (bicyclic) bond motifs is 1. The Morgan fingerprint density at radius 2 is 2.00 bits per heavy atom. The van der Waals surface area contributed by atoms with E-state index in [4.69, 9.17) is 9.47 Å². The lowest BCUT2D eigenvalue weighted by atomic mass is 10.2. The van der Waals surface area contributed by atoms with Gasteiger partial charge in [0, 0.05) is 17.0 Å². The number of benzene rings is 1. The van der Waals surface area contributed by atoms with Crippen molar-refractivity contribution in [3.05, 3.63) is 29.3 Å². The molecule has 1 aliphatic heterocycles. The van der Waals surface area contributed by atoms with Crippen molar-refractivity contribution < 1.29 is 24.2 Å². The number of carboxylic acids is 1. The molecule has 0 spiro atoms. The van der Waals surface area contributed by atoms with Crippen LogP contribution in [0.3, 0.4) is 0 Å². The highest BCUT2D eigenvalue weighted by Crippen LogP contribution is 2.36. The molecule has 1 aromatic carbocycles. The van der Waals surface area contributed by atoms with Gasteiger partial charge in [-0.15, -0.1) is 11.3 Å². The van der Waals surface area contributed by atoms with E-state index < -0.39 is 12.0 Å². The van der Waals surface area contributed by atoms with E-state index in [1.165, 1.54) is 23.2 Å². The summed E-state index contributed by atoms with van der Waals surface area (Å²) in [6.07, 6.45) is 1.67. The summed E-state index contributed by atoms with van der Waals surface area (Å²) in [7, 11) is 0. The Morgan fingerprint density at radius 1 is 1.27 bits per heavy atom. The lowest BCUT2D eigenvalue weighted by Crippen LogP contribution is -2.44. The Hall–Kier alpha value is -2.61. The van der Waals surface area contributed by atoms with Crippen LogP contribution in [-0.2, 0) is 4.79 Å². The van der Waals surface area contributed by atoms with Crippen molar-refractivity contribution in [2.45, 2.75) is 31.8 Å². The molecule has 4 rings (SSSR count). The summed E-state index contributed by atoms with van der Waals surface area (Å²) in [4.78, 5) is 30.0. The van der Waals surface area contributed by atoms with Crippen LogP contribution >= 0.6 is 11.3 Å². The summed E-state index contributed by atoms with van der Waals surface area (Å²) in [6.45, 7) is 2.56. The number of aliphatic carboxylic acids is 1. The Labute approximate surface area is 154 Å². The molecule has 26 heavy (non-hydrogen) atoms. The number of carboxylic acid groups (broad SMARTS) is 1. The zero-order valence-corrected chi connectivity index (χ0v) is 15.0. The molecule has 8 heteroatoms. The maximum atomic E-state index is 12.8. The lowest BCUT2D eigenvalue weighted by Gasteiger charge is -2.25. The SMILES string of the molecule is CC(C(=O)O)N(C(=O)c1csc(-c2ccc3c(c2)OCCO3)n1)C1CC1. The van der Waals surface area contributed by atoms with Crippen LogP contribution in [-0.4, -0.2) is 52.2 Å². The second-order valence-electron chi connectivity index (χ2n) is 6.35. The van der Waals surface area contributed by atoms with Crippen molar-refractivity contribution in [1.29, 1.82) is 0 Å². The normalized spacial score (nSPS) is 16.8. The molecule has 1 saturated carbocycles. The van der Waals surface area contributed by atoms with Gasteiger partial charge in [0.05, 0.1) is 0 Å². The van der Waals surface area contributed by atoms with Gasteiger partial charge in [0.15, 0.2) is 11.5 Å². The highest BCUT2D eigenvalue weighted by molar-refractivity contribution is 7.13. The number of carbonyl (C=O) groups is 2. The molecule has 0 bridgehead atoms. The number of hydrogen-bond acceptors (Lipinski definition) is 6. The van der Waals surface area contributed by atoms with Gasteiger partial charge in [-0.2, -0.15) is 0 Å². The van der Waals surface area contributed by atoms with Gasteiger partial charge in [-0.1, -0.05) is 0 Å². The zero-order valence-electron chi connectivity index (χ0n) is 14.2. The van der Waals surface area contributed by atoms with Crippen LogP contribution in [0.1, 0.15) is 30.3 Å². The van der Waals surface area contributed by atoms with Crippen LogP contribution < -0.4 is 9.47 Å². The number of hydrogen-bond donors (Lipinski definition) is 1. The number of amides is 1. The molecule has 0 saturated heterocycles. The fraction of sp³-hybridized carbons (Fsp3) is 0.389. The van der Waals surface area contributed by atoms with Crippen molar-refractivity contribution in [3.8, 4) is 22.1 Å². The fourth-order valence-electron chi connectivity index (χ4n) is 2.94. The molecular weight excluding hydrogens is 356 g/mol. The van der Waals surface area contributed by atoms with Gasteiger partial charge >= 0.3 is 5.97 Å². The molecular formula is C18H18N2O5S. The minimum Gasteiger partial charge on any atom is -0.486 e. The maximum Gasteiger partial charge on any atom is 0.326 e. The van der Waals surface area contributed by atoms with Crippen LogP contribution in [0.25, 0.3) is 10.6 Å². The predicted molar refractivity (Wildman–Crippen MR) is 94.8 cm³/mol. The number of thiazole rings is 1. The second kappa shape index (κ2) is 6.60. The van der Waals surface area contributed by atoms with Gasteiger partial charge in [-0.3, -0.25) is 4.79 Å². The van der Waals surface area contributed by atoms with Crippen molar-refractivity contribution in [1.82, 2.24) is 9.88 Å². The van der Waals surface area contributed by atoms with E-state index in [-0.39, 0.29) is 17.6 Å². The van der Waals surface area contributed by atoms with E-state index in [2.05, 4.69) is 4.98 Å². The first-order valence-electron chi connectivity index (χ1n) is 8.45. The standard InChI is InChI=1S/C18H18N2O5S/c1-10(18(22)23)20(12-3-4-12)17(21)13-9-26-16(19-13)11-2-5-14-15(8-11)25-7-6-24-14/h2,5,8-10,12H,3-4,6-7H2,1H3,(H,22,23). The Kier molecular flexibility index (Phi) is 4.28. The van der Waals surface area contributed by atoms with Crippen molar-refractivity contribution in [3.63, 3.8) is 0 Å². The van der Waals surface area contributed by atoms with Crippen LogP contribution in [0.15, 0.2) is 23.6 Å². The first kappa shape index (κ1) is 16.8. The summed E-state index contributed by atoms with van der Waals surface area (Å²) in [5, 5.41) is 11.6. The summed E-state index contributed by atoms with van der Waals surface area (Å²) >= 11 is 1.35. The Bertz CT molecular complexity index is 861. The molecule has 1 unspecified atom stereocenters. The largest absolute Gasteiger partial charge is 0.486 e.